The third-order valence-corrected chi connectivity index (χ3v) is 5.56. The average Bonchev–Trinajstić information content (AvgIpc) is 2.99. The van der Waals surface area contributed by atoms with E-state index in [2.05, 4.69) is 34.6 Å². The normalized spacial score (nSPS) is 13.8. The van der Waals surface area contributed by atoms with Gasteiger partial charge in [-0.2, -0.15) is 0 Å². The molecule has 1 amide bonds. The van der Waals surface area contributed by atoms with Crippen LogP contribution in [-0.2, 0) is 10.2 Å². The fourth-order valence-electron chi connectivity index (χ4n) is 4.15. The highest BCUT2D eigenvalue weighted by Crippen LogP contribution is 2.49. The molecule has 5 rings (SSSR count). The average molecular weight is 350 g/mol. The third kappa shape index (κ3) is 2.21. The zero-order valence-corrected chi connectivity index (χ0v) is 14.9. The highest BCUT2D eigenvalue weighted by Gasteiger charge is 2.45. The molecule has 0 radical (unpaired) electrons. The predicted molar refractivity (Wildman–Crippen MR) is 109 cm³/mol. The quantitative estimate of drug-likeness (QED) is 0.542. The summed E-state index contributed by atoms with van der Waals surface area (Å²) in [6, 6.07) is 26.1. The lowest BCUT2D eigenvalue weighted by Crippen LogP contribution is -2.37. The zero-order valence-electron chi connectivity index (χ0n) is 14.9. The molecule has 1 N–H and O–H groups in total. The van der Waals surface area contributed by atoms with Gasteiger partial charge >= 0.3 is 0 Å². The first kappa shape index (κ1) is 15.8. The van der Waals surface area contributed by atoms with Crippen molar-refractivity contribution in [3.8, 4) is 11.1 Å². The summed E-state index contributed by atoms with van der Waals surface area (Å²) in [5.74, 6) is -0.0435. The maximum Gasteiger partial charge on any atom is 0.239 e. The van der Waals surface area contributed by atoms with Crippen molar-refractivity contribution in [2.75, 3.05) is 5.32 Å². The Kier molecular flexibility index (Phi) is 3.37. The Hall–Kier alpha value is -3.46. The van der Waals surface area contributed by atoms with Crippen LogP contribution in [0.2, 0.25) is 0 Å². The second-order valence-electron chi connectivity index (χ2n) is 7.05. The first-order chi connectivity index (χ1) is 13.2. The number of nitrogens with one attached hydrogen (secondary N) is 1. The minimum absolute atomic E-state index is 0.0435. The molecule has 0 aliphatic heterocycles. The highest BCUT2D eigenvalue weighted by atomic mass is 16.2. The van der Waals surface area contributed by atoms with Gasteiger partial charge in [0, 0.05) is 11.6 Å². The highest BCUT2D eigenvalue weighted by molar-refractivity contribution is 6.09. The Labute approximate surface area is 157 Å². The van der Waals surface area contributed by atoms with Gasteiger partial charge in [0.05, 0.1) is 16.6 Å². The van der Waals surface area contributed by atoms with Gasteiger partial charge < -0.3 is 5.32 Å². The number of nitrogens with zero attached hydrogens (tertiary/aromatic N) is 1. The maximum atomic E-state index is 13.6. The number of anilines is 1. The van der Waals surface area contributed by atoms with E-state index >= 15 is 0 Å². The van der Waals surface area contributed by atoms with Crippen molar-refractivity contribution in [1.82, 2.24) is 4.98 Å². The second kappa shape index (κ2) is 5.78. The molecule has 0 bridgehead atoms. The van der Waals surface area contributed by atoms with Crippen LogP contribution in [-0.4, -0.2) is 10.9 Å². The van der Waals surface area contributed by atoms with E-state index in [0.717, 1.165) is 38.8 Å². The number of carbonyl (C=O) groups is 1. The van der Waals surface area contributed by atoms with Gasteiger partial charge in [0.25, 0.3) is 0 Å². The third-order valence-electron chi connectivity index (χ3n) is 5.56. The topological polar surface area (TPSA) is 42.0 Å². The second-order valence-corrected chi connectivity index (χ2v) is 7.05. The van der Waals surface area contributed by atoms with E-state index in [1.807, 2.05) is 61.5 Å². The van der Waals surface area contributed by atoms with Crippen molar-refractivity contribution < 1.29 is 4.79 Å². The van der Waals surface area contributed by atoms with Crippen LogP contribution in [0, 0.1) is 0 Å². The monoisotopic (exact) mass is 350 g/mol. The van der Waals surface area contributed by atoms with E-state index in [1.54, 1.807) is 6.20 Å². The Bertz CT molecular complexity index is 1140. The molecule has 1 aliphatic carbocycles. The number of hydrogen-bond donors (Lipinski definition) is 1. The number of rotatable bonds is 2. The molecule has 0 fully saturated rings. The van der Waals surface area contributed by atoms with Crippen molar-refractivity contribution >= 4 is 22.5 Å². The Morgan fingerprint density at radius 1 is 0.815 bits per heavy atom. The molecule has 0 unspecified atom stereocenters. The van der Waals surface area contributed by atoms with Crippen LogP contribution in [0.1, 0.15) is 18.1 Å². The number of para-hydroxylation sites is 1. The zero-order chi connectivity index (χ0) is 18.4. The molecule has 1 aliphatic rings. The minimum Gasteiger partial charge on any atom is -0.323 e. The molecular formula is C24H18N2O. The summed E-state index contributed by atoms with van der Waals surface area (Å²) in [4.78, 5) is 18.0. The van der Waals surface area contributed by atoms with Crippen LogP contribution in [0.25, 0.3) is 22.0 Å². The lowest BCUT2D eigenvalue weighted by molar-refractivity contribution is -0.119. The van der Waals surface area contributed by atoms with E-state index < -0.39 is 5.41 Å². The van der Waals surface area contributed by atoms with Crippen molar-refractivity contribution in [2.24, 2.45) is 0 Å². The Balaban J connectivity index is 1.64. The summed E-state index contributed by atoms with van der Waals surface area (Å²) < 4.78 is 0. The number of pyridine rings is 1. The lowest BCUT2D eigenvalue weighted by Gasteiger charge is -2.26. The summed E-state index contributed by atoms with van der Waals surface area (Å²) >= 11 is 0. The fourth-order valence-corrected chi connectivity index (χ4v) is 4.15. The summed E-state index contributed by atoms with van der Waals surface area (Å²) in [5.41, 5.74) is 5.12. The van der Waals surface area contributed by atoms with Gasteiger partial charge in [0.15, 0.2) is 0 Å². The molecule has 0 saturated heterocycles. The predicted octanol–water partition coefficient (Wildman–Crippen LogP) is 5.16. The lowest BCUT2D eigenvalue weighted by atomic mass is 9.79. The first-order valence-corrected chi connectivity index (χ1v) is 9.04. The van der Waals surface area contributed by atoms with Crippen LogP contribution < -0.4 is 5.32 Å². The van der Waals surface area contributed by atoms with Gasteiger partial charge in [-0.25, -0.2) is 0 Å². The molecule has 3 heteroatoms. The van der Waals surface area contributed by atoms with Gasteiger partial charge in [0.2, 0.25) is 5.91 Å². The Morgan fingerprint density at radius 2 is 1.44 bits per heavy atom. The van der Waals surface area contributed by atoms with Crippen LogP contribution in [0.15, 0.2) is 85.1 Å². The first-order valence-electron chi connectivity index (χ1n) is 9.04. The van der Waals surface area contributed by atoms with Gasteiger partial charge in [0.1, 0.15) is 0 Å². The SMILES string of the molecule is CC1(C(=O)Nc2cccc3cccnc23)c2ccccc2-c2ccccc21. The van der Waals surface area contributed by atoms with Crippen molar-refractivity contribution in [2.45, 2.75) is 12.3 Å². The van der Waals surface area contributed by atoms with Gasteiger partial charge in [-0.1, -0.05) is 66.7 Å². The number of carbonyl (C=O) groups excluding carboxylic acids is 1. The van der Waals surface area contributed by atoms with E-state index in [4.69, 9.17) is 0 Å². The maximum absolute atomic E-state index is 13.6. The molecule has 3 nitrogen and oxygen atoms in total. The molecule has 3 aromatic carbocycles. The number of aromatic nitrogens is 1. The smallest absolute Gasteiger partial charge is 0.239 e. The van der Waals surface area contributed by atoms with E-state index in [1.165, 1.54) is 0 Å². The number of fused-ring (bicyclic) bond motifs is 4. The standard InChI is InChI=1S/C24H18N2O/c1-24(19-12-4-2-10-17(19)18-11-3-5-13-20(18)24)23(27)26-21-14-6-8-16-9-7-15-25-22(16)21/h2-15H,1H3,(H,26,27). The van der Waals surface area contributed by atoms with Gasteiger partial charge in [-0.3, -0.25) is 9.78 Å². The number of benzene rings is 3. The molecule has 1 aromatic heterocycles. The summed E-state index contributed by atoms with van der Waals surface area (Å²) in [6.45, 7) is 2.01. The van der Waals surface area contributed by atoms with Crippen LogP contribution in [0.5, 0.6) is 0 Å². The molecule has 0 saturated carbocycles. The molecular weight excluding hydrogens is 332 g/mol. The van der Waals surface area contributed by atoms with Crippen LogP contribution in [0.3, 0.4) is 0 Å². The van der Waals surface area contributed by atoms with Crippen molar-refractivity contribution in [3.63, 3.8) is 0 Å². The fraction of sp³-hybridized carbons (Fsp3) is 0.0833. The van der Waals surface area contributed by atoms with Crippen LogP contribution in [0.4, 0.5) is 5.69 Å². The van der Waals surface area contributed by atoms with E-state index in [-0.39, 0.29) is 5.91 Å². The summed E-state index contributed by atoms with van der Waals surface area (Å²) in [6.07, 6.45) is 1.75. The molecule has 130 valence electrons. The summed E-state index contributed by atoms with van der Waals surface area (Å²) in [7, 11) is 0. The molecule has 0 spiro atoms. The molecule has 27 heavy (non-hydrogen) atoms. The molecule has 1 heterocycles. The van der Waals surface area contributed by atoms with Crippen molar-refractivity contribution in [3.05, 3.63) is 96.2 Å². The van der Waals surface area contributed by atoms with Crippen molar-refractivity contribution in [1.29, 1.82) is 0 Å². The summed E-state index contributed by atoms with van der Waals surface area (Å²) in [5, 5.41) is 4.15. The van der Waals surface area contributed by atoms with E-state index in [0.29, 0.717) is 0 Å². The van der Waals surface area contributed by atoms with Crippen LogP contribution >= 0.6 is 0 Å². The number of amides is 1. The molecule has 0 atom stereocenters. The number of hydrogen-bond acceptors (Lipinski definition) is 2. The van der Waals surface area contributed by atoms with Gasteiger partial charge in [-0.15, -0.1) is 0 Å². The largest absolute Gasteiger partial charge is 0.323 e. The van der Waals surface area contributed by atoms with Gasteiger partial charge in [-0.05, 0) is 41.3 Å². The molecule has 4 aromatic rings. The minimum atomic E-state index is -0.746. The van der Waals surface area contributed by atoms with E-state index in [9.17, 15) is 4.79 Å². The Morgan fingerprint density at radius 3 is 2.15 bits per heavy atom.